The van der Waals surface area contributed by atoms with E-state index in [1.807, 2.05) is 6.07 Å². The summed E-state index contributed by atoms with van der Waals surface area (Å²) in [4.78, 5) is 26.8. The van der Waals surface area contributed by atoms with Crippen LogP contribution in [0.15, 0.2) is 59.4 Å². The van der Waals surface area contributed by atoms with E-state index < -0.39 is 11.5 Å². The van der Waals surface area contributed by atoms with Crippen LogP contribution in [-0.2, 0) is 0 Å². The molecule has 5 nitrogen and oxygen atoms in total. The number of carbonyl (C=O) groups is 1. The van der Waals surface area contributed by atoms with Crippen molar-refractivity contribution in [2.24, 2.45) is 0 Å². The van der Waals surface area contributed by atoms with Gasteiger partial charge in [-0.25, -0.2) is 4.79 Å². The van der Waals surface area contributed by atoms with Crippen LogP contribution in [0.5, 0.6) is 5.75 Å². The molecule has 0 spiro atoms. The SMILES string of the molecule is Cc1cc(-c2cccc(OC(=O)c3ccc(Cl)cc3)c2)c(C#N)c(=O)[nH]1. The van der Waals surface area contributed by atoms with Gasteiger partial charge in [0.15, 0.2) is 0 Å². The molecule has 128 valence electrons. The number of nitriles is 1. The molecule has 0 saturated carbocycles. The zero-order chi connectivity index (χ0) is 18.7. The van der Waals surface area contributed by atoms with Gasteiger partial charge < -0.3 is 9.72 Å². The number of carbonyl (C=O) groups excluding carboxylic acids is 1. The molecule has 3 aromatic rings. The molecular weight excluding hydrogens is 352 g/mol. The van der Waals surface area contributed by atoms with E-state index in [1.54, 1.807) is 61.5 Å². The molecule has 0 aliphatic rings. The zero-order valence-corrected chi connectivity index (χ0v) is 14.5. The van der Waals surface area contributed by atoms with E-state index in [0.717, 1.165) is 0 Å². The Hall–Kier alpha value is -3.36. The van der Waals surface area contributed by atoms with Gasteiger partial charge in [0.05, 0.1) is 5.56 Å². The normalized spacial score (nSPS) is 10.2. The third-order valence-electron chi connectivity index (χ3n) is 3.72. The number of pyridine rings is 1. The topological polar surface area (TPSA) is 82.9 Å². The Balaban J connectivity index is 1.95. The molecule has 0 aliphatic heterocycles. The smallest absolute Gasteiger partial charge is 0.343 e. The largest absolute Gasteiger partial charge is 0.423 e. The van der Waals surface area contributed by atoms with E-state index in [0.29, 0.717) is 33.2 Å². The van der Waals surface area contributed by atoms with E-state index in [1.165, 1.54) is 0 Å². The lowest BCUT2D eigenvalue weighted by Gasteiger charge is -2.09. The minimum absolute atomic E-state index is 0.0109. The number of aromatic amines is 1. The zero-order valence-electron chi connectivity index (χ0n) is 13.7. The maximum Gasteiger partial charge on any atom is 0.343 e. The average molecular weight is 365 g/mol. The van der Waals surface area contributed by atoms with E-state index in [4.69, 9.17) is 16.3 Å². The minimum atomic E-state index is -0.526. The van der Waals surface area contributed by atoms with Gasteiger partial charge in [-0.05, 0) is 55.0 Å². The highest BCUT2D eigenvalue weighted by Crippen LogP contribution is 2.26. The van der Waals surface area contributed by atoms with Gasteiger partial charge in [-0.15, -0.1) is 0 Å². The summed E-state index contributed by atoms with van der Waals surface area (Å²) in [7, 11) is 0. The van der Waals surface area contributed by atoms with Crippen molar-refractivity contribution in [3.05, 3.63) is 86.8 Å². The summed E-state index contributed by atoms with van der Waals surface area (Å²) < 4.78 is 5.39. The number of hydrogen-bond acceptors (Lipinski definition) is 4. The molecule has 0 aliphatic carbocycles. The van der Waals surface area contributed by atoms with Crippen LogP contribution in [0.4, 0.5) is 0 Å². The molecular formula is C20H13ClN2O3. The van der Waals surface area contributed by atoms with E-state index in [2.05, 4.69) is 4.98 Å². The number of nitrogens with one attached hydrogen (secondary N) is 1. The number of aromatic nitrogens is 1. The van der Waals surface area contributed by atoms with Crippen LogP contribution in [0.3, 0.4) is 0 Å². The number of nitrogens with zero attached hydrogens (tertiary/aromatic N) is 1. The van der Waals surface area contributed by atoms with E-state index >= 15 is 0 Å². The number of halogens is 1. The first kappa shape index (κ1) is 17.5. The van der Waals surface area contributed by atoms with Crippen molar-refractivity contribution in [1.82, 2.24) is 4.98 Å². The molecule has 6 heteroatoms. The van der Waals surface area contributed by atoms with Gasteiger partial charge in [0, 0.05) is 16.3 Å². The predicted octanol–water partition coefficient (Wildman–Crippen LogP) is 4.09. The highest BCUT2D eigenvalue weighted by molar-refractivity contribution is 6.30. The number of benzene rings is 2. The Kier molecular flexibility index (Phi) is 4.87. The summed E-state index contributed by atoms with van der Waals surface area (Å²) >= 11 is 5.81. The number of ether oxygens (including phenoxy) is 1. The summed E-state index contributed by atoms with van der Waals surface area (Å²) in [5, 5.41) is 9.80. The van der Waals surface area contributed by atoms with Crippen LogP contribution in [0.25, 0.3) is 11.1 Å². The second kappa shape index (κ2) is 7.26. The van der Waals surface area contributed by atoms with Crippen LogP contribution in [-0.4, -0.2) is 11.0 Å². The van der Waals surface area contributed by atoms with Crippen molar-refractivity contribution in [2.75, 3.05) is 0 Å². The van der Waals surface area contributed by atoms with Crippen molar-refractivity contribution in [3.63, 3.8) is 0 Å². The summed E-state index contributed by atoms with van der Waals surface area (Å²) in [5.74, 6) is -0.217. The molecule has 0 unspecified atom stereocenters. The van der Waals surface area contributed by atoms with Crippen LogP contribution < -0.4 is 10.3 Å². The Bertz CT molecular complexity index is 1080. The van der Waals surface area contributed by atoms with Gasteiger partial charge in [0.2, 0.25) is 0 Å². The van der Waals surface area contributed by atoms with E-state index in [9.17, 15) is 14.9 Å². The maximum absolute atomic E-state index is 12.2. The fraction of sp³-hybridized carbons (Fsp3) is 0.0500. The monoisotopic (exact) mass is 364 g/mol. The minimum Gasteiger partial charge on any atom is -0.423 e. The summed E-state index contributed by atoms with van der Waals surface area (Å²) in [5.41, 5.74) is 1.65. The summed E-state index contributed by atoms with van der Waals surface area (Å²) in [6.07, 6.45) is 0. The molecule has 26 heavy (non-hydrogen) atoms. The van der Waals surface area contributed by atoms with Crippen molar-refractivity contribution in [2.45, 2.75) is 6.92 Å². The van der Waals surface area contributed by atoms with Gasteiger partial charge in [-0.1, -0.05) is 23.7 Å². The lowest BCUT2D eigenvalue weighted by atomic mass is 10.0. The molecule has 0 atom stereocenters. The fourth-order valence-corrected chi connectivity index (χ4v) is 2.63. The first-order valence-electron chi connectivity index (χ1n) is 7.70. The van der Waals surface area contributed by atoms with Crippen LogP contribution in [0, 0.1) is 18.3 Å². The molecule has 3 rings (SSSR count). The van der Waals surface area contributed by atoms with Crippen LogP contribution in [0.2, 0.25) is 5.02 Å². The first-order valence-corrected chi connectivity index (χ1v) is 8.08. The number of hydrogen-bond donors (Lipinski definition) is 1. The number of esters is 1. The second-order valence-electron chi connectivity index (χ2n) is 5.61. The molecule has 1 N–H and O–H groups in total. The molecule has 2 aromatic carbocycles. The van der Waals surface area contributed by atoms with Gasteiger partial charge in [0.25, 0.3) is 5.56 Å². The van der Waals surface area contributed by atoms with Crippen molar-refractivity contribution in [3.8, 4) is 22.9 Å². The molecule has 1 heterocycles. The van der Waals surface area contributed by atoms with Crippen molar-refractivity contribution >= 4 is 17.6 Å². The highest BCUT2D eigenvalue weighted by atomic mass is 35.5. The van der Waals surface area contributed by atoms with Crippen LogP contribution in [0.1, 0.15) is 21.6 Å². The Labute approximate surface area is 154 Å². The van der Waals surface area contributed by atoms with Gasteiger partial charge in [-0.3, -0.25) is 4.79 Å². The number of aryl methyl sites for hydroxylation is 1. The highest BCUT2D eigenvalue weighted by Gasteiger charge is 2.13. The predicted molar refractivity (Wildman–Crippen MR) is 98.4 cm³/mol. The summed E-state index contributed by atoms with van der Waals surface area (Å²) in [6, 6.07) is 16.7. The molecule has 1 aromatic heterocycles. The summed E-state index contributed by atoms with van der Waals surface area (Å²) in [6.45, 7) is 1.73. The molecule has 0 saturated heterocycles. The molecule has 0 fully saturated rings. The number of H-pyrrole nitrogens is 1. The third-order valence-corrected chi connectivity index (χ3v) is 3.97. The van der Waals surface area contributed by atoms with Gasteiger partial charge in [-0.2, -0.15) is 5.26 Å². The molecule has 0 amide bonds. The van der Waals surface area contributed by atoms with E-state index in [-0.39, 0.29) is 5.56 Å². The second-order valence-corrected chi connectivity index (χ2v) is 6.04. The van der Waals surface area contributed by atoms with Crippen molar-refractivity contribution in [1.29, 1.82) is 5.26 Å². The Morgan fingerprint density at radius 2 is 1.88 bits per heavy atom. The third kappa shape index (κ3) is 3.66. The maximum atomic E-state index is 12.2. The van der Waals surface area contributed by atoms with Gasteiger partial charge >= 0.3 is 5.97 Å². The van der Waals surface area contributed by atoms with Gasteiger partial charge in [0.1, 0.15) is 17.4 Å². The van der Waals surface area contributed by atoms with Crippen molar-refractivity contribution < 1.29 is 9.53 Å². The number of rotatable bonds is 3. The lowest BCUT2D eigenvalue weighted by molar-refractivity contribution is 0.0735. The standard InChI is InChI=1S/C20H13ClN2O3/c1-12-9-17(18(11-22)19(24)23-12)14-3-2-4-16(10-14)26-20(25)13-5-7-15(21)8-6-13/h2-10H,1H3,(H,23,24). The molecule has 0 radical (unpaired) electrons. The quantitative estimate of drug-likeness (QED) is 0.560. The molecule has 0 bridgehead atoms. The first-order chi connectivity index (χ1) is 12.5. The van der Waals surface area contributed by atoms with Crippen LogP contribution >= 0.6 is 11.6 Å². The lowest BCUT2D eigenvalue weighted by Crippen LogP contribution is -2.13. The Morgan fingerprint density at radius 1 is 1.15 bits per heavy atom. The average Bonchev–Trinajstić information content (AvgIpc) is 2.62. The fourth-order valence-electron chi connectivity index (χ4n) is 2.51. The Morgan fingerprint density at radius 3 is 2.58 bits per heavy atom.